The molecule has 0 spiro atoms. The van der Waals surface area contributed by atoms with Crippen LogP contribution in [-0.4, -0.2) is 24.1 Å². The van der Waals surface area contributed by atoms with Crippen LogP contribution in [0.3, 0.4) is 0 Å². The molecule has 1 N–H and O–H groups in total. The van der Waals surface area contributed by atoms with Crippen LogP contribution < -0.4 is 10.2 Å². The fourth-order valence-electron chi connectivity index (χ4n) is 2.96. The third-order valence-electron chi connectivity index (χ3n) is 4.08. The monoisotopic (exact) mass is 275 g/mol. The number of anilines is 1. The minimum absolute atomic E-state index is 0.602. The summed E-state index contributed by atoms with van der Waals surface area (Å²) in [6.45, 7) is 12.2. The van der Waals surface area contributed by atoms with E-state index in [4.69, 9.17) is 4.98 Å². The van der Waals surface area contributed by atoms with E-state index in [1.807, 2.05) is 0 Å². The van der Waals surface area contributed by atoms with Gasteiger partial charge in [0.15, 0.2) is 0 Å². The maximum atomic E-state index is 4.83. The van der Waals surface area contributed by atoms with Crippen LogP contribution >= 0.6 is 0 Å². The smallest absolute Gasteiger partial charge is 0.129 e. The first-order chi connectivity index (χ1) is 9.56. The van der Waals surface area contributed by atoms with Crippen molar-refractivity contribution in [2.75, 3.05) is 18.0 Å². The second kappa shape index (κ2) is 7.07. The summed E-state index contributed by atoms with van der Waals surface area (Å²) in [5.41, 5.74) is 1.15. The molecule has 2 rings (SSSR count). The van der Waals surface area contributed by atoms with Gasteiger partial charge in [0, 0.05) is 19.1 Å². The van der Waals surface area contributed by atoms with Crippen LogP contribution in [-0.2, 0) is 6.54 Å². The summed E-state index contributed by atoms with van der Waals surface area (Å²) in [6.07, 6.45) is 2.55. The standard InChI is InChI=1S/C17H29N3/c1-13(2)11-18-12-16-6-5-7-17(19-16)20-9-8-14(3)10-15(20)4/h5-7,13-15,18H,8-12H2,1-4H3. The molecule has 3 nitrogen and oxygen atoms in total. The van der Waals surface area contributed by atoms with Crippen LogP contribution in [0.4, 0.5) is 5.82 Å². The van der Waals surface area contributed by atoms with Crippen molar-refractivity contribution in [3.05, 3.63) is 23.9 Å². The molecule has 0 radical (unpaired) electrons. The lowest BCUT2D eigenvalue weighted by Crippen LogP contribution is -2.40. The topological polar surface area (TPSA) is 28.2 Å². The molecule has 0 aliphatic carbocycles. The van der Waals surface area contributed by atoms with Crippen LogP contribution in [0, 0.1) is 11.8 Å². The van der Waals surface area contributed by atoms with E-state index in [2.05, 4.69) is 56.1 Å². The lowest BCUT2D eigenvalue weighted by atomic mass is 9.93. The zero-order chi connectivity index (χ0) is 14.5. The van der Waals surface area contributed by atoms with Crippen LogP contribution in [0.25, 0.3) is 0 Å². The number of rotatable bonds is 5. The molecule has 1 aliphatic rings. The lowest BCUT2D eigenvalue weighted by Gasteiger charge is -2.37. The largest absolute Gasteiger partial charge is 0.354 e. The SMILES string of the molecule is CC(C)CNCc1cccc(N2CCC(C)CC2C)n1. The van der Waals surface area contributed by atoms with Crippen LogP contribution in [0.2, 0.25) is 0 Å². The second-order valence-corrected chi connectivity index (χ2v) is 6.68. The lowest BCUT2D eigenvalue weighted by molar-refractivity contribution is 0.376. The van der Waals surface area contributed by atoms with E-state index in [9.17, 15) is 0 Å². The quantitative estimate of drug-likeness (QED) is 0.892. The number of nitrogens with zero attached hydrogens (tertiary/aromatic N) is 2. The molecule has 0 saturated carbocycles. The molecule has 1 aliphatic heterocycles. The number of nitrogens with one attached hydrogen (secondary N) is 1. The zero-order valence-corrected chi connectivity index (χ0v) is 13.4. The molecule has 0 aromatic carbocycles. The van der Waals surface area contributed by atoms with E-state index in [1.165, 1.54) is 12.8 Å². The van der Waals surface area contributed by atoms with Crippen molar-refractivity contribution in [3.63, 3.8) is 0 Å². The van der Waals surface area contributed by atoms with Crippen molar-refractivity contribution in [1.29, 1.82) is 0 Å². The van der Waals surface area contributed by atoms with Gasteiger partial charge in [-0.25, -0.2) is 4.98 Å². The molecule has 1 aromatic heterocycles. The minimum Gasteiger partial charge on any atom is -0.354 e. The molecule has 2 atom stereocenters. The average Bonchev–Trinajstić information content (AvgIpc) is 2.38. The minimum atomic E-state index is 0.602. The highest BCUT2D eigenvalue weighted by molar-refractivity contribution is 5.41. The Morgan fingerprint density at radius 3 is 2.85 bits per heavy atom. The fraction of sp³-hybridized carbons (Fsp3) is 0.706. The number of aromatic nitrogens is 1. The van der Waals surface area contributed by atoms with E-state index in [0.29, 0.717) is 12.0 Å². The molecule has 3 heteroatoms. The highest BCUT2D eigenvalue weighted by Gasteiger charge is 2.23. The van der Waals surface area contributed by atoms with Crippen LogP contribution in [0.15, 0.2) is 18.2 Å². The van der Waals surface area contributed by atoms with E-state index in [1.54, 1.807) is 0 Å². The summed E-state index contributed by atoms with van der Waals surface area (Å²) in [6, 6.07) is 7.01. The van der Waals surface area contributed by atoms with Crippen molar-refractivity contribution in [2.24, 2.45) is 11.8 Å². The predicted octanol–water partition coefficient (Wildman–Crippen LogP) is 3.45. The van der Waals surface area contributed by atoms with E-state index in [0.717, 1.165) is 37.1 Å². The van der Waals surface area contributed by atoms with Gasteiger partial charge < -0.3 is 10.2 Å². The van der Waals surface area contributed by atoms with Gasteiger partial charge in [0.25, 0.3) is 0 Å². The molecule has 20 heavy (non-hydrogen) atoms. The van der Waals surface area contributed by atoms with Gasteiger partial charge in [-0.05, 0) is 50.3 Å². The Balaban J connectivity index is 1.98. The number of pyridine rings is 1. The molecule has 2 unspecified atom stereocenters. The molecule has 2 heterocycles. The summed E-state index contributed by atoms with van der Waals surface area (Å²) < 4.78 is 0. The number of piperidine rings is 1. The first kappa shape index (κ1) is 15.3. The van der Waals surface area contributed by atoms with Crippen LogP contribution in [0.5, 0.6) is 0 Å². The maximum Gasteiger partial charge on any atom is 0.129 e. The molecule has 0 amide bonds. The Labute approximate surface area is 123 Å². The summed E-state index contributed by atoms with van der Waals surface area (Å²) in [7, 11) is 0. The van der Waals surface area contributed by atoms with E-state index < -0.39 is 0 Å². The Morgan fingerprint density at radius 1 is 1.35 bits per heavy atom. The van der Waals surface area contributed by atoms with Crippen LogP contribution in [0.1, 0.15) is 46.2 Å². The normalized spacial score (nSPS) is 23.4. The molecule has 1 fully saturated rings. The second-order valence-electron chi connectivity index (χ2n) is 6.68. The first-order valence-corrected chi connectivity index (χ1v) is 7.99. The first-order valence-electron chi connectivity index (χ1n) is 7.99. The van der Waals surface area contributed by atoms with E-state index in [-0.39, 0.29) is 0 Å². The molecular formula is C17H29N3. The van der Waals surface area contributed by atoms with Gasteiger partial charge >= 0.3 is 0 Å². The highest BCUT2D eigenvalue weighted by atomic mass is 15.2. The Kier molecular flexibility index (Phi) is 5.41. The Bertz CT molecular complexity index is 416. The van der Waals surface area contributed by atoms with Crippen molar-refractivity contribution < 1.29 is 0 Å². The number of hydrogen-bond donors (Lipinski definition) is 1. The third kappa shape index (κ3) is 4.20. The fourth-order valence-corrected chi connectivity index (χ4v) is 2.96. The Hall–Kier alpha value is -1.09. The molecule has 0 bridgehead atoms. The van der Waals surface area contributed by atoms with Gasteiger partial charge in [-0.15, -0.1) is 0 Å². The molecular weight excluding hydrogens is 246 g/mol. The third-order valence-corrected chi connectivity index (χ3v) is 4.08. The number of hydrogen-bond acceptors (Lipinski definition) is 3. The molecule has 112 valence electrons. The van der Waals surface area contributed by atoms with Gasteiger partial charge in [0.05, 0.1) is 5.69 Å². The maximum absolute atomic E-state index is 4.83. The Morgan fingerprint density at radius 2 is 2.15 bits per heavy atom. The van der Waals surface area contributed by atoms with Gasteiger partial charge in [0.1, 0.15) is 5.82 Å². The zero-order valence-electron chi connectivity index (χ0n) is 13.4. The molecule has 1 saturated heterocycles. The summed E-state index contributed by atoms with van der Waals surface area (Å²) in [5, 5.41) is 3.47. The van der Waals surface area contributed by atoms with Gasteiger partial charge in [-0.1, -0.05) is 26.8 Å². The predicted molar refractivity (Wildman–Crippen MR) is 86.0 cm³/mol. The average molecular weight is 275 g/mol. The van der Waals surface area contributed by atoms with Crippen molar-refractivity contribution in [2.45, 2.75) is 53.1 Å². The molecule has 1 aromatic rings. The van der Waals surface area contributed by atoms with Gasteiger partial charge in [-0.3, -0.25) is 0 Å². The highest BCUT2D eigenvalue weighted by Crippen LogP contribution is 2.26. The van der Waals surface area contributed by atoms with Crippen molar-refractivity contribution in [3.8, 4) is 0 Å². The van der Waals surface area contributed by atoms with Gasteiger partial charge in [0.2, 0.25) is 0 Å². The van der Waals surface area contributed by atoms with Crippen molar-refractivity contribution in [1.82, 2.24) is 10.3 Å². The van der Waals surface area contributed by atoms with Crippen molar-refractivity contribution >= 4 is 5.82 Å². The summed E-state index contributed by atoms with van der Waals surface area (Å²) in [5.74, 6) is 2.67. The van der Waals surface area contributed by atoms with Gasteiger partial charge in [-0.2, -0.15) is 0 Å². The van der Waals surface area contributed by atoms with E-state index >= 15 is 0 Å². The summed E-state index contributed by atoms with van der Waals surface area (Å²) >= 11 is 0. The summed E-state index contributed by atoms with van der Waals surface area (Å²) in [4.78, 5) is 7.30.